The minimum atomic E-state index is -4.61. The summed E-state index contributed by atoms with van der Waals surface area (Å²) in [5, 5.41) is 0. The van der Waals surface area contributed by atoms with Crippen LogP contribution in [-0.4, -0.2) is 117 Å². The summed E-state index contributed by atoms with van der Waals surface area (Å²) in [5.41, 5.74) is 0. The third-order valence-corrected chi connectivity index (χ3v) is 0. The third kappa shape index (κ3) is 302. The van der Waals surface area contributed by atoms with Crippen molar-refractivity contribution in [3.8, 4) is 0 Å². The molecular weight excluding hydrogens is 295 g/mol. The fourth-order valence-electron chi connectivity index (χ4n) is 0. The monoisotopic (exact) mass is 310 g/mol. The molecular formula is H15AlCaMgO8SiTi. The third-order valence-electron chi connectivity index (χ3n) is 0. The van der Waals surface area contributed by atoms with Gasteiger partial charge in [0.1, 0.15) is 0 Å². The first kappa shape index (κ1) is 44.6. The molecule has 0 fully saturated rings. The molecule has 0 unspecified atom stereocenters. The van der Waals surface area contributed by atoms with Crippen molar-refractivity contribution in [1.29, 1.82) is 0 Å². The number of hydrogen-bond donors (Lipinski definition) is 4. The van der Waals surface area contributed by atoms with E-state index in [1.165, 1.54) is 0 Å². The van der Waals surface area contributed by atoms with Gasteiger partial charge < -0.3 is 30.1 Å². The quantitative estimate of drug-likeness (QED) is 0.323. The SMILES string of the molecule is O.O.O[Si](O)(O)O.[AlH3].[CaH2].[MgH2].[O]=[Ti]=[O]. The van der Waals surface area contributed by atoms with E-state index in [4.69, 9.17) is 25.8 Å². The zero-order valence-corrected chi connectivity index (χ0v) is 7.17. The minimum absolute atomic E-state index is 0. The average molecular weight is 310 g/mol. The Kier molecular flexibility index (Phi) is 101. The van der Waals surface area contributed by atoms with Crippen LogP contribution in [0.1, 0.15) is 0 Å². The first-order valence-corrected chi connectivity index (χ1v) is 4.37. The van der Waals surface area contributed by atoms with Gasteiger partial charge in [0.25, 0.3) is 0 Å². The second-order valence-electron chi connectivity index (χ2n) is 0.683. The Balaban J connectivity index is -0.00000000840. The first-order valence-electron chi connectivity index (χ1n) is 1.30. The second kappa shape index (κ2) is 29.4. The van der Waals surface area contributed by atoms with Gasteiger partial charge in [0.05, 0.1) is 0 Å². The Labute approximate surface area is 141 Å². The maximum atomic E-state index is 8.50. The Morgan fingerprint density at radius 2 is 0.923 bits per heavy atom. The molecule has 0 atom stereocenters. The Bertz CT molecular complexity index is 84.6. The van der Waals surface area contributed by atoms with Gasteiger partial charge in [-0.1, -0.05) is 0 Å². The molecule has 0 aromatic rings. The molecule has 0 amide bonds. The molecule has 0 bridgehead atoms. The van der Waals surface area contributed by atoms with Crippen molar-refractivity contribution >= 4 is 87.2 Å². The predicted molar refractivity (Wildman–Crippen MR) is 50.3 cm³/mol. The molecule has 0 saturated heterocycles. The summed E-state index contributed by atoms with van der Waals surface area (Å²) in [5.74, 6) is 0. The van der Waals surface area contributed by atoms with Gasteiger partial charge in [-0.15, -0.1) is 0 Å². The summed E-state index contributed by atoms with van der Waals surface area (Å²) in [6.07, 6.45) is 0. The molecule has 0 radical (unpaired) electrons. The molecule has 78 valence electrons. The molecule has 0 aliphatic heterocycles. The Morgan fingerprint density at radius 3 is 0.923 bits per heavy atom. The zero-order chi connectivity index (χ0) is 7.21. The molecule has 0 aromatic carbocycles. The van der Waals surface area contributed by atoms with Crippen molar-refractivity contribution in [2.75, 3.05) is 0 Å². The normalized spacial score (nSPS) is 5.23. The first-order chi connectivity index (χ1) is 3.41. The summed E-state index contributed by atoms with van der Waals surface area (Å²) in [6.45, 7) is 0. The second-order valence-corrected chi connectivity index (χ2v) is 2.14. The van der Waals surface area contributed by atoms with Crippen LogP contribution in [-0.2, 0) is 25.7 Å². The van der Waals surface area contributed by atoms with E-state index in [1.54, 1.807) is 0 Å². The van der Waals surface area contributed by atoms with Crippen molar-refractivity contribution in [1.82, 2.24) is 0 Å². The van der Waals surface area contributed by atoms with Crippen molar-refractivity contribution in [2.24, 2.45) is 0 Å². The average Bonchev–Trinajstić information content (AvgIpc) is 1.27. The Morgan fingerprint density at radius 1 is 0.923 bits per heavy atom. The van der Waals surface area contributed by atoms with E-state index in [0.717, 1.165) is 0 Å². The summed E-state index contributed by atoms with van der Waals surface area (Å²) in [4.78, 5) is 29.3. The van der Waals surface area contributed by atoms with Crippen LogP contribution in [0.3, 0.4) is 0 Å². The number of hydrogen-bond acceptors (Lipinski definition) is 6. The molecule has 8 nitrogen and oxygen atoms in total. The van der Waals surface area contributed by atoms with Gasteiger partial charge in [0.15, 0.2) is 17.4 Å². The maximum absolute atomic E-state index is 8.50. The molecule has 0 aromatic heterocycles. The Hall–Kier alpha value is 2.85. The van der Waals surface area contributed by atoms with Crippen LogP contribution in [0.5, 0.6) is 0 Å². The van der Waals surface area contributed by atoms with Crippen molar-refractivity contribution in [2.45, 2.75) is 0 Å². The van der Waals surface area contributed by atoms with Gasteiger partial charge >= 0.3 is 95.6 Å². The summed E-state index contributed by atoms with van der Waals surface area (Å²) >= 11 is -2.00. The van der Waals surface area contributed by atoms with E-state index in [9.17, 15) is 0 Å². The van der Waals surface area contributed by atoms with Crippen LogP contribution < -0.4 is 0 Å². The van der Waals surface area contributed by atoms with Crippen LogP contribution in [0, 0.1) is 0 Å². The van der Waals surface area contributed by atoms with Crippen LogP contribution in [0.15, 0.2) is 0 Å². The molecule has 0 aliphatic carbocycles. The number of rotatable bonds is 0. The van der Waals surface area contributed by atoms with Crippen molar-refractivity contribution < 1.29 is 55.9 Å². The van der Waals surface area contributed by atoms with Crippen LogP contribution >= 0.6 is 0 Å². The molecule has 8 N–H and O–H groups in total. The van der Waals surface area contributed by atoms with Gasteiger partial charge in [-0.2, -0.15) is 0 Å². The van der Waals surface area contributed by atoms with Crippen LogP contribution in [0.2, 0.25) is 0 Å². The predicted octanol–water partition coefficient (Wildman–Crippen LogP) is -7.51. The van der Waals surface area contributed by atoms with E-state index in [2.05, 4.69) is 0 Å². The summed E-state index contributed by atoms with van der Waals surface area (Å²) in [7, 11) is -4.61. The van der Waals surface area contributed by atoms with Gasteiger partial charge in [0, 0.05) is 0 Å². The fraction of sp³-hybridized carbons (Fsp3) is 0. The molecule has 0 spiro atoms. The van der Waals surface area contributed by atoms with E-state index < -0.39 is 28.1 Å². The van der Waals surface area contributed by atoms with Gasteiger partial charge in [0.2, 0.25) is 0 Å². The molecule has 13 heavy (non-hydrogen) atoms. The van der Waals surface area contributed by atoms with Crippen molar-refractivity contribution in [3.05, 3.63) is 0 Å². The van der Waals surface area contributed by atoms with Gasteiger partial charge in [-0.05, 0) is 0 Å². The molecule has 0 heterocycles. The molecule has 0 saturated carbocycles. The van der Waals surface area contributed by atoms with E-state index in [0.29, 0.717) is 0 Å². The van der Waals surface area contributed by atoms with Crippen LogP contribution in [0.4, 0.5) is 0 Å². The van der Waals surface area contributed by atoms with E-state index >= 15 is 0 Å². The zero-order valence-electron chi connectivity index (χ0n) is 4.61. The topological polar surface area (TPSA) is 178 Å². The summed E-state index contributed by atoms with van der Waals surface area (Å²) in [6, 6.07) is 0. The molecule has 13 heteroatoms. The van der Waals surface area contributed by atoms with Gasteiger partial charge in [-0.25, -0.2) is 0 Å². The van der Waals surface area contributed by atoms with E-state index in [1.807, 2.05) is 0 Å². The standard InChI is InChI=1S/Al.Ca.Mg.H4O4Si.2H2O.2O.Ti.7H/c;;;1-5(2,3)4;;;;;;;;;;;;/h;;;1-4H;2*1H2;;;;;;;;;;. The fourth-order valence-corrected chi connectivity index (χ4v) is 0. The van der Waals surface area contributed by atoms with E-state index in [-0.39, 0.29) is 89.1 Å². The molecule has 0 aliphatic rings. The van der Waals surface area contributed by atoms with Gasteiger partial charge in [-0.3, -0.25) is 0 Å². The van der Waals surface area contributed by atoms with Crippen LogP contribution in [0.25, 0.3) is 0 Å². The summed E-state index contributed by atoms with van der Waals surface area (Å²) < 4.78 is 17.0. The molecule has 0 rings (SSSR count). The van der Waals surface area contributed by atoms with Crippen molar-refractivity contribution in [3.63, 3.8) is 0 Å².